The van der Waals surface area contributed by atoms with Gasteiger partial charge >= 0.3 is 6.36 Å². The predicted molar refractivity (Wildman–Crippen MR) is 99.4 cm³/mol. The predicted octanol–water partition coefficient (Wildman–Crippen LogP) is 6.27. The molecule has 0 amide bonds. The number of ether oxygens (including phenoxy) is 2. The molecule has 142 valence electrons. The lowest BCUT2D eigenvalue weighted by Gasteiger charge is -2.08. The van der Waals surface area contributed by atoms with Crippen molar-refractivity contribution in [3.05, 3.63) is 96.1 Å². The van der Waals surface area contributed by atoms with Crippen LogP contribution in [0.5, 0.6) is 17.2 Å². The first-order chi connectivity index (χ1) is 13.4. The first-order valence-electron chi connectivity index (χ1n) is 8.30. The lowest BCUT2D eigenvalue weighted by Crippen LogP contribution is -2.17. The summed E-state index contributed by atoms with van der Waals surface area (Å²) in [7, 11) is 0. The molecule has 0 atom stereocenters. The highest BCUT2D eigenvalue weighted by Crippen LogP contribution is 2.23. The average Bonchev–Trinajstić information content (AvgIpc) is 2.67. The van der Waals surface area contributed by atoms with Gasteiger partial charge < -0.3 is 9.47 Å². The molecule has 6 heteroatoms. The van der Waals surface area contributed by atoms with Crippen molar-refractivity contribution in [2.75, 3.05) is 0 Å². The van der Waals surface area contributed by atoms with Crippen molar-refractivity contribution in [2.45, 2.75) is 6.36 Å². The van der Waals surface area contributed by atoms with Crippen LogP contribution in [0.1, 0.15) is 15.9 Å². The molecule has 0 aliphatic carbocycles. The minimum absolute atomic E-state index is 0.259. The fourth-order valence-corrected chi connectivity index (χ4v) is 2.36. The number of ketones is 1. The maximum atomic E-state index is 12.2. The standard InChI is InChI=1S/C22H15F3O3/c23-22(24,25)28-20-13-9-17(10-14-20)21(26)15-8-16-6-11-19(12-7-16)27-18-4-2-1-3-5-18/h1-15H/b15-8+. The smallest absolute Gasteiger partial charge is 0.457 e. The normalized spacial score (nSPS) is 11.4. The zero-order valence-electron chi connectivity index (χ0n) is 14.5. The Labute approximate surface area is 159 Å². The van der Waals surface area contributed by atoms with Gasteiger partial charge in [0, 0.05) is 5.56 Å². The first kappa shape index (κ1) is 19.2. The van der Waals surface area contributed by atoms with Crippen LogP contribution in [0.3, 0.4) is 0 Å². The number of halogens is 3. The highest BCUT2D eigenvalue weighted by atomic mass is 19.4. The van der Waals surface area contributed by atoms with Crippen LogP contribution in [0.25, 0.3) is 6.08 Å². The summed E-state index contributed by atoms with van der Waals surface area (Å²) in [4.78, 5) is 12.1. The lowest BCUT2D eigenvalue weighted by atomic mass is 10.1. The Morgan fingerprint density at radius 3 is 1.93 bits per heavy atom. The van der Waals surface area contributed by atoms with Crippen molar-refractivity contribution in [3.63, 3.8) is 0 Å². The number of rotatable bonds is 6. The Morgan fingerprint density at radius 2 is 1.32 bits per heavy atom. The lowest BCUT2D eigenvalue weighted by molar-refractivity contribution is -0.274. The zero-order valence-corrected chi connectivity index (χ0v) is 14.5. The molecule has 0 spiro atoms. The second kappa shape index (κ2) is 8.43. The summed E-state index contributed by atoms with van der Waals surface area (Å²) >= 11 is 0. The molecule has 3 rings (SSSR count). The molecule has 28 heavy (non-hydrogen) atoms. The van der Waals surface area contributed by atoms with Gasteiger partial charge in [-0.05, 0) is 60.2 Å². The van der Waals surface area contributed by atoms with E-state index in [0.29, 0.717) is 5.75 Å². The summed E-state index contributed by atoms with van der Waals surface area (Å²) in [6, 6.07) is 21.2. The fourth-order valence-electron chi connectivity index (χ4n) is 2.36. The summed E-state index contributed by atoms with van der Waals surface area (Å²) in [6.45, 7) is 0. The van der Waals surface area contributed by atoms with Crippen molar-refractivity contribution >= 4 is 11.9 Å². The molecule has 0 fully saturated rings. The van der Waals surface area contributed by atoms with Crippen LogP contribution in [0.4, 0.5) is 13.2 Å². The molecule has 0 unspecified atom stereocenters. The van der Waals surface area contributed by atoms with Gasteiger partial charge in [0.2, 0.25) is 0 Å². The van der Waals surface area contributed by atoms with Gasteiger partial charge in [-0.3, -0.25) is 4.79 Å². The Morgan fingerprint density at radius 1 is 0.750 bits per heavy atom. The molecule has 3 aromatic carbocycles. The number of carbonyl (C=O) groups excluding carboxylic acids is 1. The topological polar surface area (TPSA) is 35.5 Å². The summed E-state index contributed by atoms with van der Waals surface area (Å²) in [6.07, 6.45) is -1.79. The maximum absolute atomic E-state index is 12.2. The van der Waals surface area contributed by atoms with Crippen LogP contribution < -0.4 is 9.47 Å². The van der Waals surface area contributed by atoms with Crippen LogP contribution in [0.15, 0.2) is 84.9 Å². The van der Waals surface area contributed by atoms with Crippen molar-refractivity contribution in [1.29, 1.82) is 0 Å². The van der Waals surface area contributed by atoms with Gasteiger partial charge in [-0.2, -0.15) is 0 Å². The third kappa shape index (κ3) is 5.74. The molecular weight excluding hydrogens is 369 g/mol. The molecule has 0 bridgehead atoms. The molecule has 0 radical (unpaired) electrons. The number of hydrogen-bond donors (Lipinski definition) is 0. The average molecular weight is 384 g/mol. The van der Waals surface area contributed by atoms with E-state index >= 15 is 0 Å². The molecule has 0 heterocycles. The molecule has 0 saturated heterocycles. The Kier molecular flexibility index (Phi) is 5.79. The van der Waals surface area contributed by atoms with E-state index in [2.05, 4.69) is 4.74 Å². The minimum Gasteiger partial charge on any atom is -0.457 e. The van der Waals surface area contributed by atoms with Crippen molar-refractivity contribution in [3.8, 4) is 17.2 Å². The zero-order chi connectivity index (χ0) is 20.0. The van der Waals surface area contributed by atoms with Crippen LogP contribution in [0.2, 0.25) is 0 Å². The number of carbonyl (C=O) groups is 1. The van der Waals surface area contributed by atoms with Gasteiger partial charge in [-0.1, -0.05) is 36.4 Å². The van der Waals surface area contributed by atoms with E-state index in [1.165, 1.54) is 18.2 Å². The summed E-state index contributed by atoms with van der Waals surface area (Å²) < 4.78 is 45.9. The summed E-state index contributed by atoms with van der Waals surface area (Å²) in [5.41, 5.74) is 1.04. The first-order valence-corrected chi connectivity index (χ1v) is 8.30. The van der Waals surface area contributed by atoms with Gasteiger partial charge in [-0.25, -0.2) is 0 Å². The van der Waals surface area contributed by atoms with Crippen LogP contribution in [-0.4, -0.2) is 12.1 Å². The minimum atomic E-state index is -4.76. The molecule has 0 aliphatic heterocycles. The SMILES string of the molecule is O=C(/C=C/c1ccc(Oc2ccccc2)cc1)c1ccc(OC(F)(F)F)cc1. The number of para-hydroxylation sites is 1. The Bertz CT molecular complexity index is 945. The van der Waals surface area contributed by atoms with Gasteiger partial charge in [0.15, 0.2) is 5.78 Å². The highest BCUT2D eigenvalue weighted by Gasteiger charge is 2.30. The van der Waals surface area contributed by atoms with Crippen LogP contribution >= 0.6 is 0 Å². The van der Waals surface area contributed by atoms with E-state index in [1.54, 1.807) is 30.3 Å². The molecule has 0 N–H and O–H groups in total. The van der Waals surface area contributed by atoms with Crippen molar-refractivity contribution in [1.82, 2.24) is 0 Å². The van der Waals surface area contributed by atoms with E-state index < -0.39 is 6.36 Å². The van der Waals surface area contributed by atoms with E-state index in [9.17, 15) is 18.0 Å². The largest absolute Gasteiger partial charge is 0.573 e. The van der Waals surface area contributed by atoms with Crippen LogP contribution in [-0.2, 0) is 0 Å². The van der Waals surface area contributed by atoms with Gasteiger partial charge in [-0.15, -0.1) is 13.2 Å². The monoisotopic (exact) mass is 384 g/mol. The van der Waals surface area contributed by atoms with E-state index in [1.807, 2.05) is 30.3 Å². The second-order valence-electron chi connectivity index (χ2n) is 5.75. The Balaban J connectivity index is 1.60. The molecule has 3 aromatic rings. The van der Waals surface area contributed by atoms with Gasteiger partial charge in [0.05, 0.1) is 0 Å². The highest BCUT2D eigenvalue weighted by molar-refractivity contribution is 6.06. The van der Waals surface area contributed by atoms with Crippen LogP contribution in [0, 0.1) is 0 Å². The summed E-state index contributed by atoms with van der Waals surface area (Å²) in [5, 5.41) is 0. The Hall–Kier alpha value is -3.54. The van der Waals surface area contributed by atoms with Gasteiger partial charge in [0.1, 0.15) is 17.2 Å². The van der Waals surface area contributed by atoms with E-state index in [0.717, 1.165) is 23.4 Å². The number of alkyl halides is 3. The number of benzene rings is 3. The molecule has 0 saturated carbocycles. The molecular formula is C22H15F3O3. The number of allylic oxidation sites excluding steroid dienone is 1. The molecule has 0 aliphatic rings. The third-order valence-corrected chi connectivity index (χ3v) is 3.66. The van der Waals surface area contributed by atoms with E-state index in [-0.39, 0.29) is 17.1 Å². The van der Waals surface area contributed by atoms with Gasteiger partial charge in [0.25, 0.3) is 0 Å². The maximum Gasteiger partial charge on any atom is 0.573 e. The fraction of sp³-hybridized carbons (Fsp3) is 0.0455. The van der Waals surface area contributed by atoms with Crippen molar-refractivity contribution in [2.24, 2.45) is 0 Å². The second-order valence-corrected chi connectivity index (χ2v) is 5.75. The van der Waals surface area contributed by atoms with E-state index in [4.69, 9.17) is 4.74 Å². The third-order valence-electron chi connectivity index (χ3n) is 3.66. The molecule has 3 nitrogen and oxygen atoms in total. The molecule has 0 aromatic heterocycles. The summed E-state index contributed by atoms with van der Waals surface area (Å²) in [5.74, 6) is 0.680. The quantitative estimate of drug-likeness (QED) is 0.371. The van der Waals surface area contributed by atoms with Crippen molar-refractivity contribution < 1.29 is 27.4 Å². The number of hydrogen-bond acceptors (Lipinski definition) is 3.